The van der Waals surface area contributed by atoms with Gasteiger partial charge in [0.05, 0.1) is 16.6 Å². The van der Waals surface area contributed by atoms with Crippen LogP contribution in [-0.2, 0) is 7.05 Å². The second-order valence-electron chi connectivity index (χ2n) is 7.64. The highest BCUT2D eigenvalue weighted by molar-refractivity contribution is 5.91. The maximum absolute atomic E-state index is 12.8. The van der Waals surface area contributed by atoms with Crippen molar-refractivity contribution in [2.75, 3.05) is 5.73 Å². The molecule has 1 aliphatic carbocycles. The topological polar surface area (TPSA) is 79.0 Å². The predicted molar refractivity (Wildman–Crippen MR) is 110 cm³/mol. The molecule has 2 N–H and O–H groups in total. The van der Waals surface area contributed by atoms with E-state index in [0.29, 0.717) is 11.7 Å². The summed E-state index contributed by atoms with van der Waals surface area (Å²) in [7, 11) is 1.82. The molecule has 6 nitrogen and oxygen atoms in total. The molecular formula is C22H22N4O2. The number of aryl methyl sites for hydroxylation is 2. The number of hydrogen-bond acceptors (Lipinski definition) is 4. The Balaban J connectivity index is 1.70. The number of aromatic nitrogens is 3. The molecule has 2 aromatic carbocycles. The lowest BCUT2D eigenvalue weighted by Gasteiger charge is -2.26. The van der Waals surface area contributed by atoms with Crippen LogP contribution in [0.1, 0.15) is 30.9 Å². The smallest absolute Gasteiger partial charge is 0.329 e. The summed E-state index contributed by atoms with van der Waals surface area (Å²) >= 11 is 0. The fraction of sp³-hybridized carbons (Fsp3) is 0.273. The Morgan fingerprint density at radius 1 is 1.11 bits per heavy atom. The number of nitrogen functional groups attached to an aromatic ring is 1. The van der Waals surface area contributed by atoms with Crippen molar-refractivity contribution in [3.8, 4) is 22.4 Å². The highest BCUT2D eigenvalue weighted by Gasteiger charge is 2.25. The van der Waals surface area contributed by atoms with Crippen LogP contribution in [0.15, 0.2) is 51.8 Å². The van der Waals surface area contributed by atoms with Gasteiger partial charge in [-0.2, -0.15) is 0 Å². The highest BCUT2D eigenvalue weighted by Crippen LogP contribution is 2.38. The minimum Gasteiger partial charge on any atom is -0.367 e. The van der Waals surface area contributed by atoms with Crippen molar-refractivity contribution < 1.29 is 4.52 Å². The van der Waals surface area contributed by atoms with Gasteiger partial charge in [0.15, 0.2) is 0 Å². The lowest BCUT2D eigenvalue weighted by Crippen LogP contribution is -2.29. The number of fused-ring (bicyclic) bond motifs is 1. The first-order chi connectivity index (χ1) is 13.5. The van der Waals surface area contributed by atoms with E-state index < -0.39 is 0 Å². The number of benzene rings is 2. The summed E-state index contributed by atoms with van der Waals surface area (Å²) in [5.74, 6) is 0.277. The Hall–Kier alpha value is -3.28. The molecule has 6 heteroatoms. The third-order valence-electron chi connectivity index (χ3n) is 5.83. The van der Waals surface area contributed by atoms with Crippen molar-refractivity contribution in [3.63, 3.8) is 0 Å². The van der Waals surface area contributed by atoms with Crippen LogP contribution in [0.25, 0.3) is 33.4 Å². The third-order valence-corrected chi connectivity index (χ3v) is 5.83. The van der Waals surface area contributed by atoms with Crippen molar-refractivity contribution in [3.05, 3.63) is 58.5 Å². The Morgan fingerprint density at radius 3 is 2.64 bits per heavy atom. The standard InChI is InChI=1S/C22H22N4O2/c1-13-5-3-6-15(11-13)20-19(21(23)28-24-20)14-9-10-17-18(12-14)25(2)22(27)26(17)16-7-4-8-16/h3,5-6,9-12,16H,4,7-8,23H2,1-2H3. The lowest BCUT2D eigenvalue weighted by atomic mass is 9.92. The van der Waals surface area contributed by atoms with Crippen LogP contribution in [0.2, 0.25) is 0 Å². The van der Waals surface area contributed by atoms with Crippen LogP contribution in [0.5, 0.6) is 0 Å². The molecule has 0 bridgehead atoms. The van der Waals surface area contributed by atoms with Crippen molar-refractivity contribution in [2.24, 2.45) is 7.05 Å². The molecule has 1 saturated carbocycles. The minimum absolute atomic E-state index is 0.0362. The molecule has 0 saturated heterocycles. The number of rotatable bonds is 3. The van der Waals surface area contributed by atoms with Crippen molar-refractivity contribution >= 4 is 16.9 Å². The summed E-state index contributed by atoms with van der Waals surface area (Å²) in [5, 5.41) is 4.21. The summed E-state index contributed by atoms with van der Waals surface area (Å²) in [4.78, 5) is 12.8. The summed E-state index contributed by atoms with van der Waals surface area (Å²) < 4.78 is 8.98. The Bertz CT molecular complexity index is 1260. The molecule has 1 aliphatic rings. The van der Waals surface area contributed by atoms with Gasteiger partial charge in [-0.3, -0.25) is 9.13 Å². The van der Waals surface area contributed by atoms with E-state index in [1.165, 1.54) is 6.42 Å². The van der Waals surface area contributed by atoms with Crippen LogP contribution in [-0.4, -0.2) is 14.3 Å². The zero-order valence-electron chi connectivity index (χ0n) is 16.0. The Morgan fingerprint density at radius 2 is 1.93 bits per heavy atom. The Kier molecular flexibility index (Phi) is 3.69. The van der Waals surface area contributed by atoms with E-state index in [1.807, 2.05) is 54.9 Å². The lowest BCUT2D eigenvalue weighted by molar-refractivity contribution is 0.312. The first-order valence-electron chi connectivity index (χ1n) is 9.58. The molecule has 1 fully saturated rings. The van der Waals surface area contributed by atoms with Gasteiger partial charge in [-0.05, 0) is 49.9 Å². The number of hydrogen-bond donors (Lipinski definition) is 1. The molecule has 142 valence electrons. The minimum atomic E-state index is 0.0362. The largest absolute Gasteiger partial charge is 0.367 e. The van der Waals surface area contributed by atoms with Gasteiger partial charge in [-0.1, -0.05) is 35.0 Å². The maximum Gasteiger partial charge on any atom is 0.329 e. The molecule has 5 rings (SSSR count). The zero-order chi connectivity index (χ0) is 19.4. The molecular weight excluding hydrogens is 352 g/mol. The number of imidazole rings is 1. The molecule has 28 heavy (non-hydrogen) atoms. The van der Waals surface area contributed by atoms with Crippen LogP contribution < -0.4 is 11.4 Å². The van der Waals surface area contributed by atoms with E-state index in [2.05, 4.69) is 11.2 Å². The monoisotopic (exact) mass is 374 g/mol. The van der Waals surface area contributed by atoms with Gasteiger partial charge < -0.3 is 10.3 Å². The zero-order valence-corrected chi connectivity index (χ0v) is 16.0. The van der Waals surface area contributed by atoms with Crippen LogP contribution >= 0.6 is 0 Å². The molecule has 2 heterocycles. The van der Waals surface area contributed by atoms with Gasteiger partial charge in [0.2, 0.25) is 5.88 Å². The maximum atomic E-state index is 12.8. The van der Waals surface area contributed by atoms with Crippen molar-refractivity contribution in [1.29, 1.82) is 0 Å². The van der Waals surface area contributed by atoms with Gasteiger partial charge in [-0.15, -0.1) is 0 Å². The first kappa shape index (κ1) is 16.9. The molecule has 4 aromatic rings. The van der Waals surface area contributed by atoms with E-state index in [9.17, 15) is 4.79 Å². The molecule has 0 amide bonds. The van der Waals surface area contributed by atoms with Gasteiger partial charge in [-0.25, -0.2) is 4.79 Å². The molecule has 0 unspecified atom stereocenters. The fourth-order valence-electron chi connectivity index (χ4n) is 4.09. The van der Waals surface area contributed by atoms with Crippen LogP contribution in [0.4, 0.5) is 5.88 Å². The Labute approximate surface area is 162 Å². The summed E-state index contributed by atoms with van der Waals surface area (Å²) in [6, 6.07) is 14.4. The van der Waals surface area contributed by atoms with Crippen LogP contribution in [0.3, 0.4) is 0 Å². The second kappa shape index (κ2) is 6.12. The second-order valence-corrected chi connectivity index (χ2v) is 7.64. The van der Waals surface area contributed by atoms with E-state index in [-0.39, 0.29) is 11.6 Å². The average molecular weight is 374 g/mol. The molecule has 2 aromatic heterocycles. The van der Waals surface area contributed by atoms with Crippen molar-refractivity contribution in [2.45, 2.75) is 32.2 Å². The molecule has 0 aliphatic heterocycles. The van der Waals surface area contributed by atoms with Crippen molar-refractivity contribution in [1.82, 2.24) is 14.3 Å². The number of anilines is 1. The van der Waals surface area contributed by atoms with Gasteiger partial charge in [0.25, 0.3) is 0 Å². The molecule has 0 atom stereocenters. The quantitative estimate of drug-likeness (QED) is 0.580. The van der Waals surface area contributed by atoms with E-state index in [0.717, 1.165) is 46.1 Å². The first-order valence-corrected chi connectivity index (χ1v) is 9.58. The van der Waals surface area contributed by atoms with E-state index in [1.54, 1.807) is 4.57 Å². The van der Waals surface area contributed by atoms with E-state index in [4.69, 9.17) is 10.3 Å². The van der Waals surface area contributed by atoms with Gasteiger partial charge >= 0.3 is 5.69 Å². The SMILES string of the molecule is Cc1cccc(-c2noc(N)c2-c2ccc3c(c2)n(C)c(=O)n3C2CCC2)c1. The number of nitrogens with two attached hydrogens (primary N) is 1. The average Bonchev–Trinajstić information content (AvgIpc) is 3.14. The third kappa shape index (κ3) is 2.41. The fourth-order valence-corrected chi connectivity index (χ4v) is 4.09. The van der Waals surface area contributed by atoms with Crippen LogP contribution in [0, 0.1) is 6.92 Å². The van der Waals surface area contributed by atoms with Gasteiger partial charge in [0.1, 0.15) is 5.69 Å². The van der Waals surface area contributed by atoms with Gasteiger partial charge in [0, 0.05) is 18.7 Å². The normalized spacial score (nSPS) is 14.5. The highest BCUT2D eigenvalue weighted by atomic mass is 16.5. The summed E-state index contributed by atoms with van der Waals surface area (Å²) in [5.41, 5.74) is 12.5. The summed E-state index contributed by atoms with van der Waals surface area (Å²) in [6.45, 7) is 2.04. The summed E-state index contributed by atoms with van der Waals surface area (Å²) in [6.07, 6.45) is 3.32. The number of nitrogens with zero attached hydrogens (tertiary/aromatic N) is 3. The van der Waals surface area contributed by atoms with E-state index >= 15 is 0 Å². The molecule has 0 spiro atoms. The predicted octanol–water partition coefficient (Wildman–Crippen LogP) is 4.28. The molecule has 0 radical (unpaired) electrons.